The van der Waals surface area contributed by atoms with Gasteiger partial charge in [0.15, 0.2) is 15.9 Å². The van der Waals surface area contributed by atoms with Gasteiger partial charge in [-0.05, 0) is 47.5 Å². The van der Waals surface area contributed by atoms with Crippen LogP contribution in [0.3, 0.4) is 0 Å². The van der Waals surface area contributed by atoms with Crippen molar-refractivity contribution in [2.45, 2.75) is 26.9 Å². The summed E-state index contributed by atoms with van der Waals surface area (Å²) in [6, 6.07) is 8.86. The first-order valence-corrected chi connectivity index (χ1v) is 9.10. The molecule has 0 saturated heterocycles. The van der Waals surface area contributed by atoms with Crippen LogP contribution in [0.4, 0.5) is 0 Å². The molecule has 2 aromatic heterocycles. The maximum Gasteiger partial charge on any atom is 0.332 e. The lowest BCUT2D eigenvalue weighted by Crippen LogP contribution is -2.40. The highest BCUT2D eigenvalue weighted by atomic mass is 79.9. The summed E-state index contributed by atoms with van der Waals surface area (Å²) in [5.41, 5.74) is 2.30. The number of rotatable bonds is 4. The van der Waals surface area contributed by atoms with E-state index < -0.39 is 11.2 Å². The van der Waals surface area contributed by atoms with Gasteiger partial charge in [0.25, 0.3) is 5.56 Å². The van der Waals surface area contributed by atoms with E-state index in [0.29, 0.717) is 28.0 Å². The number of nitrogens with zero attached hydrogens (tertiary/aromatic N) is 5. The first-order chi connectivity index (χ1) is 12.8. The molecule has 0 aliphatic heterocycles. The zero-order chi connectivity index (χ0) is 19.7. The highest BCUT2D eigenvalue weighted by Gasteiger charge is 2.19. The molecule has 2 heterocycles. The molecular weight excluding hydrogens is 410 g/mol. The third-order valence-electron chi connectivity index (χ3n) is 4.29. The van der Waals surface area contributed by atoms with Crippen LogP contribution < -0.4 is 11.2 Å². The largest absolute Gasteiger partial charge is 0.332 e. The summed E-state index contributed by atoms with van der Waals surface area (Å²) in [7, 11) is 1.60. The zero-order valence-corrected chi connectivity index (χ0v) is 16.8. The Morgan fingerprint density at radius 1 is 1.22 bits per heavy atom. The van der Waals surface area contributed by atoms with Gasteiger partial charge in [-0.2, -0.15) is 5.26 Å². The molecule has 27 heavy (non-hydrogen) atoms. The predicted molar refractivity (Wildman–Crippen MR) is 107 cm³/mol. The second-order valence-electron chi connectivity index (χ2n) is 6.49. The molecule has 0 N–H and O–H groups in total. The van der Waals surface area contributed by atoms with Gasteiger partial charge in [0.2, 0.25) is 0 Å². The van der Waals surface area contributed by atoms with Crippen molar-refractivity contribution in [3.63, 3.8) is 0 Å². The van der Waals surface area contributed by atoms with Crippen molar-refractivity contribution in [3.8, 4) is 6.07 Å². The molecule has 0 spiro atoms. The van der Waals surface area contributed by atoms with Crippen molar-refractivity contribution >= 4 is 27.1 Å². The van der Waals surface area contributed by atoms with Crippen LogP contribution in [0.5, 0.6) is 0 Å². The summed E-state index contributed by atoms with van der Waals surface area (Å²) >= 11 is 3.39. The predicted octanol–water partition coefficient (Wildman–Crippen LogP) is 2.55. The molecule has 0 radical (unpaired) electrons. The smallest absolute Gasteiger partial charge is 0.309 e. The molecule has 0 saturated carbocycles. The van der Waals surface area contributed by atoms with Crippen LogP contribution in [0.1, 0.15) is 25.0 Å². The van der Waals surface area contributed by atoms with Gasteiger partial charge >= 0.3 is 5.69 Å². The molecule has 3 aromatic rings. The van der Waals surface area contributed by atoms with Gasteiger partial charge < -0.3 is 4.57 Å². The number of hydrogen-bond acceptors (Lipinski definition) is 4. The van der Waals surface area contributed by atoms with E-state index in [1.165, 1.54) is 9.13 Å². The van der Waals surface area contributed by atoms with E-state index in [4.69, 9.17) is 5.26 Å². The van der Waals surface area contributed by atoms with Crippen LogP contribution in [0.2, 0.25) is 0 Å². The monoisotopic (exact) mass is 427 g/mol. The first-order valence-electron chi connectivity index (χ1n) is 8.31. The fraction of sp³-hybridized carbons (Fsp3) is 0.263. The standard InChI is InChI=1S/C19H18BrN5O2/c1-12(2)8-9-24-15-16(22-18(24)20)23(3)19(27)25(17(15)26)11-14-6-4-13(10-21)5-7-14/h4-8H,9,11H2,1-3H3. The van der Waals surface area contributed by atoms with E-state index in [1.54, 1.807) is 35.9 Å². The Balaban J connectivity index is 2.19. The fourth-order valence-corrected chi connectivity index (χ4v) is 3.28. The van der Waals surface area contributed by atoms with E-state index in [-0.39, 0.29) is 6.54 Å². The number of aromatic nitrogens is 4. The number of allylic oxidation sites excluding steroid dienone is 2. The first kappa shape index (κ1) is 18.9. The van der Waals surface area contributed by atoms with E-state index in [0.717, 1.165) is 11.1 Å². The minimum Gasteiger partial charge on any atom is -0.309 e. The van der Waals surface area contributed by atoms with Crippen molar-refractivity contribution in [2.24, 2.45) is 7.05 Å². The van der Waals surface area contributed by atoms with E-state index in [9.17, 15) is 9.59 Å². The summed E-state index contributed by atoms with van der Waals surface area (Å²) in [6.07, 6.45) is 1.99. The van der Waals surface area contributed by atoms with Gasteiger partial charge in [0.1, 0.15) is 0 Å². The number of hydrogen-bond donors (Lipinski definition) is 0. The van der Waals surface area contributed by atoms with Crippen LogP contribution in [0.25, 0.3) is 11.2 Å². The normalized spacial score (nSPS) is 10.8. The van der Waals surface area contributed by atoms with E-state index in [1.807, 2.05) is 19.9 Å². The molecule has 0 amide bonds. The molecule has 3 rings (SSSR count). The minimum absolute atomic E-state index is 0.124. The van der Waals surface area contributed by atoms with Gasteiger partial charge in [0.05, 0.1) is 18.2 Å². The average molecular weight is 428 g/mol. The quantitative estimate of drug-likeness (QED) is 0.472. The Kier molecular flexibility index (Phi) is 5.15. The lowest BCUT2D eigenvalue weighted by atomic mass is 10.1. The van der Waals surface area contributed by atoms with Crippen LogP contribution in [0.15, 0.2) is 50.2 Å². The SMILES string of the molecule is CC(C)=CCn1c(Br)nc2c1c(=O)n(Cc1ccc(C#N)cc1)c(=O)n2C. The molecular formula is C19H18BrN5O2. The summed E-state index contributed by atoms with van der Waals surface area (Å²) in [4.78, 5) is 30.2. The van der Waals surface area contributed by atoms with Crippen molar-refractivity contribution in [3.05, 3.63) is 72.6 Å². The fourth-order valence-electron chi connectivity index (χ4n) is 2.79. The van der Waals surface area contributed by atoms with Gasteiger partial charge in [0, 0.05) is 13.6 Å². The molecule has 0 aliphatic carbocycles. The number of fused-ring (bicyclic) bond motifs is 1. The van der Waals surface area contributed by atoms with Crippen LogP contribution >= 0.6 is 15.9 Å². The van der Waals surface area contributed by atoms with Crippen molar-refractivity contribution in [1.82, 2.24) is 18.7 Å². The maximum atomic E-state index is 13.1. The van der Waals surface area contributed by atoms with Gasteiger partial charge in [-0.1, -0.05) is 23.8 Å². The molecule has 0 aliphatic rings. The number of imidazole rings is 1. The number of benzene rings is 1. The Morgan fingerprint density at radius 3 is 2.48 bits per heavy atom. The third kappa shape index (κ3) is 3.51. The van der Waals surface area contributed by atoms with Gasteiger partial charge in [-0.25, -0.2) is 9.78 Å². The van der Waals surface area contributed by atoms with Gasteiger partial charge in [-0.3, -0.25) is 13.9 Å². The number of aryl methyl sites for hydroxylation is 1. The molecule has 0 unspecified atom stereocenters. The summed E-state index contributed by atoms with van der Waals surface area (Å²) < 4.78 is 4.82. The zero-order valence-electron chi connectivity index (χ0n) is 15.2. The molecule has 138 valence electrons. The van der Waals surface area contributed by atoms with Crippen LogP contribution in [-0.4, -0.2) is 18.7 Å². The Morgan fingerprint density at radius 2 is 1.89 bits per heavy atom. The van der Waals surface area contributed by atoms with Crippen LogP contribution in [-0.2, 0) is 20.1 Å². The number of nitriles is 1. The summed E-state index contributed by atoms with van der Waals surface area (Å²) in [6.45, 7) is 4.56. The molecule has 1 aromatic carbocycles. The lowest BCUT2D eigenvalue weighted by Gasteiger charge is -2.10. The van der Waals surface area contributed by atoms with Crippen molar-refractivity contribution in [1.29, 1.82) is 5.26 Å². The molecule has 7 nitrogen and oxygen atoms in total. The highest BCUT2D eigenvalue weighted by Crippen LogP contribution is 2.17. The highest BCUT2D eigenvalue weighted by molar-refractivity contribution is 9.10. The molecule has 8 heteroatoms. The Hall–Kier alpha value is -2.92. The van der Waals surface area contributed by atoms with E-state index >= 15 is 0 Å². The van der Waals surface area contributed by atoms with Crippen molar-refractivity contribution in [2.75, 3.05) is 0 Å². The average Bonchev–Trinajstić information content (AvgIpc) is 2.98. The lowest BCUT2D eigenvalue weighted by molar-refractivity contribution is 0.653. The third-order valence-corrected chi connectivity index (χ3v) is 4.90. The number of halogens is 1. The second kappa shape index (κ2) is 7.37. The Labute approximate surface area is 163 Å². The molecule has 0 bridgehead atoms. The maximum absolute atomic E-state index is 13.1. The van der Waals surface area contributed by atoms with Crippen molar-refractivity contribution < 1.29 is 0 Å². The topological polar surface area (TPSA) is 85.6 Å². The van der Waals surface area contributed by atoms with Gasteiger partial charge in [-0.15, -0.1) is 0 Å². The van der Waals surface area contributed by atoms with E-state index in [2.05, 4.69) is 27.0 Å². The summed E-state index contributed by atoms with van der Waals surface area (Å²) in [5.74, 6) is 0. The molecule has 0 fully saturated rings. The Bertz CT molecular complexity index is 1200. The van der Waals surface area contributed by atoms with Crippen LogP contribution in [0, 0.1) is 11.3 Å². The molecule has 0 atom stereocenters. The minimum atomic E-state index is -0.434. The second-order valence-corrected chi connectivity index (χ2v) is 7.20. The summed E-state index contributed by atoms with van der Waals surface area (Å²) in [5, 5.41) is 8.91.